The fourth-order valence-electron chi connectivity index (χ4n) is 2.26. The molecule has 1 saturated carbocycles. The van der Waals surface area contributed by atoms with E-state index in [2.05, 4.69) is 16.0 Å². The molecule has 0 aliphatic heterocycles. The molecule has 5 nitrogen and oxygen atoms in total. The van der Waals surface area contributed by atoms with Gasteiger partial charge in [-0.05, 0) is 32.0 Å². The topological polar surface area (TPSA) is 62.3 Å². The molecule has 0 spiro atoms. The summed E-state index contributed by atoms with van der Waals surface area (Å²) in [5.74, 6) is 2.99. The van der Waals surface area contributed by atoms with Gasteiger partial charge in [-0.25, -0.2) is 4.98 Å². The first-order chi connectivity index (χ1) is 10.8. The Morgan fingerprint density at radius 3 is 3.00 bits per heavy atom. The number of hydrogen-bond donors (Lipinski definition) is 0. The van der Waals surface area contributed by atoms with Crippen LogP contribution in [-0.2, 0) is 6.54 Å². The molecular formula is C17H19N3O2. The Kier molecular flexibility index (Phi) is 4.40. The molecule has 0 atom stereocenters. The molecule has 5 heteroatoms. The SMILES string of the molecule is CN(CCOc1ccccc1C#N)Cc1ncc(C2CC2)o1. The van der Waals surface area contributed by atoms with Gasteiger partial charge in [0.15, 0.2) is 0 Å². The fourth-order valence-corrected chi connectivity index (χ4v) is 2.26. The average Bonchev–Trinajstić information content (AvgIpc) is 3.28. The van der Waals surface area contributed by atoms with Crippen molar-refractivity contribution in [2.45, 2.75) is 25.3 Å². The highest BCUT2D eigenvalue weighted by molar-refractivity contribution is 5.42. The molecule has 1 aliphatic carbocycles. The van der Waals surface area contributed by atoms with Crippen LogP contribution in [0.15, 0.2) is 34.9 Å². The number of likely N-dealkylation sites (N-methyl/N-ethyl adjacent to an activating group) is 1. The highest BCUT2D eigenvalue weighted by atomic mass is 16.5. The number of nitriles is 1. The van der Waals surface area contributed by atoms with Gasteiger partial charge in [0.25, 0.3) is 0 Å². The zero-order valence-corrected chi connectivity index (χ0v) is 12.7. The predicted molar refractivity (Wildman–Crippen MR) is 81.5 cm³/mol. The molecule has 1 fully saturated rings. The summed E-state index contributed by atoms with van der Waals surface area (Å²) in [4.78, 5) is 6.41. The molecule has 3 rings (SSSR count). The second-order valence-electron chi connectivity index (χ2n) is 5.62. The summed E-state index contributed by atoms with van der Waals surface area (Å²) in [7, 11) is 2.00. The van der Waals surface area contributed by atoms with Crippen LogP contribution in [0.25, 0.3) is 0 Å². The quantitative estimate of drug-likeness (QED) is 0.786. The Bertz CT molecular complexity index is 671. The molecule has 0 saturated heterocycles. The summed E-state index contributed by atoms with van der Waals surface area (Å²) in [5.41, 5.74) is 0.562. The zero-order valence-electron chi connectivity index (χ0n) is 12.7. The summed E-state index contributed by atoms with van der Waals surface area (Å²) < 4.78 is 11.4. The van der Waals surface area contributed by atoms with E-state index in [4.69, 9.17) is 14.4 Å². The number of oxazole rings is 1. The molecule has 1 aliphatic rings. The minimum absolute atomic E-state index is 0.519. The van der Waals surface area contributed by atoms with Gasteiger partial charge in [-0.2, -0.15) is 5.26 Å². The molecule has 1 aromatic heterocycles. The fraction of sp³-hybridized carbons (Fsp3) is 0.412. The van der Waals surface area contributed by atoms with E-state index in [9.17, 15) is 0 Å². The number of benzene rings is 1. The van der Waals surface area contributed by atoms with Crippen molar-refractivity contribution in [1.29, 1.82) is 5.26 Å². The third kappa shape index (κ3) is 3.66. The van der Waals surface area contributed by atoms with Crippen molar-refractivity contribution in [3.63, 3.8) is 0 Å². The third-order valence-corrected chi connectivity index (χ3v) is 3.69. The summed E-state index contributed by atoms with van der Waals surface area (Å²) >= 11 is 0. The number of aromatic nitrogens is 1. The van der Waals surface area contributed by atoms with Gasteiger partial charge in [-0.1, -0.05) is 12.1 Å². The van der Waals surface area contributed by atoms with E-state index in [0.717, 1.165) is 18.2 Å². The number of rotatable bonds is 7. The van der Waals surface area contributed by atoms with Crippen molar-refractivity contribution in [2.24, 2.45) is 0 Å². The van der Waals surface area contributed by atoms with Crippen molar-refractivity contribution in [3.8, 4) is 11.8 Å². The van der Waals surface area contributed by atoms with Gasteiger partial charge < -0.3 is 9.15 Å². The molecular weight excluding hydrogens is 278 g/mol. The van der Waals surface area contributed by atoms with Crippen LogP contribution in [0.4, 0.5) is 0 Å². The minimum atomic E-state index is 0.519. The first-order valence-electron chi connectivity index (χ1n) is 7.51. The molecule has 0 radical (unpaired) electrons. The van der Waals surface area contributed by atoms with Crippen LogP contribution in [0.2, 0.25) is 0 Å². The standard InChI is InChI=1S/C17H19N3O2/c1-20(12-17-19-11-16(22-17)13-6-7-13)8-9-21-15-5-3-2-4-14(15)10-18/h2-5,11,13H,6-9,12H2,1H3. The van der Waals surface area contributed by atoms with Crippen molar-refractivity contribution in [3.05, 3.63) is 47.7 Å². The minimum Gasteiger partial charge on any atom is -0.491 e. The Hall–Kier alpha value is -2.32. The Balaban J connectivity index is 1.45. The number of para-hydroxylation sites is 1. The van der Waals surface area contributed by atoms with E-state index in [0.29, 0.717) is 30.4 Å². The predicted octanol–water partition coefficient (Wildman–Crippen LogP) is 2.93. The molecule has 1 aromatic carbocycles. The smallest absolute Gasteiger partial charge is 0.208 e. The number of hydrogen-bond acceptors (Lipinski definition) is 5. The summed E-state index contributed by atoms with van der Waals surface area (Å²) in [6, 6.07) is 9.40. The molecule has 114 valence electrons. The lowest BCUT2D eigenvalue weighted by molar-refractivity contribution is 0.218. The van der Waals surface area contributed by atoms with E-state index in [1.807, 2.05) is 31.4 Å². The van der Waals surface area contributed by atoms with E-state index < -0.39 is 0 Å². The lowest BCUT2D eigenvalue weighted by Gasteiger charge is -2.15. The van der Waals surface area contributed by atoms with Crippen molar-refractivity contribution >= 4 is 0 Å². The Labute approximate surface area is 130 Å². The maximum atomic E-state index is 9.01. The van der Waals surface area contributed by atoms with Crippen molar-refractivity contribution in [1.82, 2.24) is 9.88 Å². The van der Waals surface area contributed by atoms with E-state index in [-0.39, 0.29) is 0 Å². The van der Waals surface area contributed by atoms with Gasteiger partial charge in [-0.15, -0.1) is 0 Å². The summed E-state index contributed by atoms with van der Waals surface area (Å²) in [6.45, 7) is 1.92. The van der Waals surface area contributed by atoms with Crippen LogP contribution in [0.5, 0.6) is 5.75 Å². The monoisotopic (exact) mass is 297 g/mol. The first kappa shape index (κ1) is 14.6. The lowest BCUT2D eigenvalue weighted by atomic mass is 10.2. The maximum Gasteiger partial charge on any atom is 0.208 e. The number of ether oxygens (including phenoxy) is 1. The highest BCUT2D eigenvalue weighted by Gasteiger charge is 2.27. The van der Waals surface area contributed by atoms with Crippen LogP contribution in [0, 0.1) is 11.3 Å². The highest BCUT2D eigenvalue weighted by Crippen LogP contribution is 2.40. The average molecular weight is 297 g/mol. The molecule has 22 heavy (non-hydrogen) atoms. The van der Waals surface area contributed by atoms with Gasteiger partial charge in [0.2, 0.25) is 5.89 Å². The number of nitrogens with zero attached hydrogens (tertiary/aromatic N) is 3. The lowest BCUT2D eigenvalue weighted by Crippen LogP contribution is -2.24. The van der Waals surface area contributed by atoms with Crippen LogP contribution in [0.3, 0.4) is 0 Å². The molecule has 0 bridgehead atoms. The van der Waals surface area contributed by atoms with Crippen LogP contribution in [-0.4, -0.2) is 30.1 Å². The second-order valence-corrected chi connectivity index (χ2v) is 5.62. The molecule has 0 unspecified atom stereocenters. The van der Waals surface area contributed by atoms with E-state index >= 15 is 0 Å². The largest absolute Gasteiger partial charge is 0.491 e. The molecule has 0 amide bonds. The summed E-state index contributed by atoms with van der Waals surface area (Å²) in [5, 5.41) is 9.01. The molecule has 0 N–H and O–H groups in total. The normalized spacial score (nSPS) is 14.0. The summed E-state index contributed by atoms with van der Waals surface area (Å²) in [6.07, 6.45) is 4.29. The molecule has 1 heterocycles. The Morgan fingerprint density at radius 1 is 1.41 bits per heavy atom. The van der Waals surface area contributed by atoms with E-state index in [1.54, 1.807) is 6.07 Å². The van der Waals surface area contributed by atoms with E-state index in [1.165, 1.54) is 12.8 Å². The maximum absolute atomic E-state index is 9.01. The van der Waals surface area contributed by atoms with Gasteiger partial charge in [0.05, 0.1) is 18.3 Å². The van der Waals surface area contributed by atoms with Gasteiger partial charge in [-0.3, -0.25) is 4.90 Å². The van der Waals surface area contributed by atoms with Crippen molar-refractivity contribution < 1.29 is 9.15 Å². The Morgan fingerprint density at radius 2 is 2.23 bits per heavy atom. The van der Waals surface area contributed by atoms with Gasteiger partial charge in [0.1, 0.15) is 24.2 Å². The molecule has 2 aromatic rings. The van der Waals surface area contributed by atoms with Crippen LogP contribution >= 0.6 is 0 Å². The second kappa shape index (κ2) is 6.63. The third-order valence-electron chi connectivity index (χ3n) is 3.69. The zero-order chi connectivity index (χ0) is 15.4. The van der Waals surface area contributed by atoms with Gasteiger partial charge >= 0.3 is 0 Å². The van der Waals surface area contributed by atoms with Crippen LogP contribution < -0.4 is 4.74 Å². The van der Waals surface area contributed by atoms with Gasteiger partial charge in [0, 0.05) is 12.5 Å². The van der Waals surface area contributed by atoms with Crippen LogP contribution in [0.1, 0.15) is 36.0 Å². The first-order valence-corrected chi connectivity index (χ1v) is 7.51. The van der Waals surface area contributed by atoms with Crippen molar-refractivity contribution in [2.75, 3.05) is 20.2 Å².